The molecule has 0 spiro atoms. The molecule has 248 valence electrons. The van der Waals surface area contributed by atoms with Crippen LogP contribution in [0.3, 0.4) is 0 Å². The number of hydrogen-bond donors (Lipinski definition) is 0. The Morgan fingerprint density at radius 2 is 1.62 bits per heavy atom. The molecule has 0 saturated carbocycles. The number of hydrogen-bond acceptors (Lipinski definition) is 6. The largest absolute Gasteiger partial charge is 0.435 e. The van der Waals surface area contributed by atoms with E-state index in [-0.39, 0.29) is 65.9 Å². The summed E-state index contributed by atoms with van der Waals surface area (Å²) in [5.41, 5.74) is -7.92. The smallest absolute Gasteiger partial charge is 0.337 e. The van der Waals surface area contributed by atoms with Gasteiger partial charge in [-0.25, -0.2) is 25.6 Å². The number of alkyl halides is 7. The molecule has 1 amide bonds. The Hall–Kier alpha value is -2.79. The number of likely N-dealkylation sites (N-methyl/N-ethyl adjacent to an activating group) is 1. The second-order valence-corrected chi connectivity index (χ2v) is 16.2. The molecule has 7 nitrogen and oxygen atoms in total. The topological polar surface area (TPSA) is 91.8 Å². The lowest BCUT2D eigenvalue weighted by molar-refractivity contribution is -0.348. The van der Waals surface area contributed by atoms with Gasteiger partial charge in [-0.05, 0) is 68.1 Å². The van der Waals surface area contributed by atoms with Crippen LogP contribution in [0, 0.1) is 5.82 Å². The highest BCUT2D eigenvalue weighted by molar-refractivity contribution is 7.92. The van der Waals surface area contributed by atoms with E-state index in [1.807, 2.05) is 0 Å². The second kappa shape index (κ2) is 10.9. The molecule has 0 N–H and O–H groups in total. The number of nitrogens with zero attached hydrogens (tertiary/aromatic N) is 2. The summed E-state index contributed by atoms with van der Waals surface area (Å²) in [5.74, 6) is -1.54. The average Bonchev–Trinajstić information content (AvgIpc) is 3.52. The summed E-state index contributed by atoms with van der Waals surface area (Å²) in [6, 6.07) is 3.48. The van der Waals surface area contributed by atoms with Crippen LogP contribution in [0.15, 0.2) is 47.4 Å². The Morgan fingerprint density at radius 3 is 2.18 bits per heavy atom. The molecule has 3 atom stereocenters. The van der Waals surface area contributed by atoms with Crippen molar-refractivity contribution in [2.75, 3.05) is 31.6 Å². The number of amides is 1. The summed E-state index contributed by atoms with van der Waals surface area (Å²) < 4.78 is 161. The third-order valence-corrected chi connectivity index (χ3v) is 13.5. The van der Waals surface area contributed by atoms with E-state index in [2.05, 4.69) is 0 Å². The van der Waals surface area contributed by atoms with E-state index in [0.717, 1.165) is 30.3 Å². The van der Waals surface area contributed by atoms with Crippen molar-refractivity contribution < 1.29 is 56.8 Å². The van der Waals surface area contributed by atoms with Crippen LogP contribution >= 0.6 is 0 Å². The van der Waals surface area contributed by atoms with Crippen molar-refractivity contribution >= 4 is 25.6 Å². The fraction of sp³-hybridized carbons (Fsp3) is 0.536. The van der Waals surface area contributed by atoms with Crippen LogP contribution in [-0.2, 0) is 41.3 Å². The number of aryl methyl sites for hydroxylation is 1. The molecule has 45 heavy (non-hydrogen) atoms. The summed E-state index contributed by atoms with van der Waals surface area (Å²) in [6.07, 6.45) is -13.3. The number of halogens is 8. The summed E-state index contributed by atoms with van der Waals surface area (Å²) in [5, 5.41) is 0. The third kappa shape index (κ3) is 5.31. The van der Waals surface area contributed by atoms with E-state index in [0.29, 0.717) is 12.5 Å². The van der Waals surface area contributed by atoms with Crippen molar-refractivity contribution in [1.82, 2.24) is 9.80 Å². The quantitative estimate of drug-likeness (QED) is 0.329. The Labute approximate surface area is 254 Å². The minimum absolute atomic E-state index is 0.0524. The van der Waals surface area contributed by atoms with E-state index < -0.39 is 71.8 Å². The monoisotopic (exact) mass is 688 g/mol. The minimum Gasteiger partial charge on any atom is -0.337 e. The van der Waals surface area contributed by atoms with Gasteiger partial charge < -0.3 is 4.90 Å². The maximum atomic E-state index is 15.0. The lowest BCUT2D eigenvalue weighted by Crippen LogP contribution is -2.54. The lowest BCUT2D eigenvalue weighted by Gasteiger charge is -2.43. The Kier molecular flexibility index (Phi) is 8.13. The summed E-state index contributed by atoms with van der Waals surface area (Å²) in [7, 11) is -6.35. The van der Waals surface area contributed by atoms with Crippen LogP contribution in [0.4, 0.5) is 35.1 Å². The molecule has 2 saturated heterocycles. The van der Waals surface area contributed by atoms with E-state index >= 15 is 0 Å². The Morgan fingerprint density at radius 1 is 1.00 bits per heavy atom. The highest BCUT2D eigenvalue weighted by Crippen LogP contribution is 2.56. The molecule has 2 heterocycles. The van der Waals surface area contributed by atoms with E-state index in [4.69, 9.17) is 0 Å². The Bertz CT molecular complexity index is 1700. The number of rotatable bonds is 6. The number of benzene rings is 2. The molecule has 2 fully saturated rings. The average molecular weight is 689 g/mol. The predicted octanol–water partition coefficient (Wildman–Crippen LogP) is 4.45. The summed E-state index contributed by atoms with van der Waals surface area (Å²) in [4.78, 5) is 16.0. The molecule has 3 aliphatic rings. The van der Waals surface area contributed by atoms with Gasteiger partial charge in [0.25, 0.3) is 0 Å². The molecular formula is C28H28F8N2O5S2. The molecule has 5 rings (SSSR count). The van der Waals surface area contributed by atoms with Gasteiger partial charge in [0.2, 0.25) is 5.91 Å². The van der Waals surface area contributed by atoms with Crippen LogP contribution in [0.25, 0.3) is 0 Å². The summed E-state index contributed by atoms with van der Waals surface area (Å²) >= 11 is 0. The molecule has 1 unspecified atom stereocenters. The van der Waals surface area contributed by atoms with Gasteiger partial charge >= 0.3 is 18.0 Å². The van der Waals surface area contributed by atoms with Crippen molar-refractivity contribution in [3.05, 3.63) is 65.0 Å². The zero-order valence-corrected chi connectivity index (χ0v) is 25.3. The standard InChI is InChI=1S/C28H28F8N2O5S2/c1-37(20-10-13-44(40,41)16-20)15-24(39)38-12-11-25(45(42,43)21-6-4-19(29)5-7-21)22-8-3-18(14-17(22)2-9-23(25)38)26(30,27(31,32)33)28(34,35)36/h3-8,14,20,23H,2,9-13,15-16H2,1H3/t20?,23-,25-/m1/s1. The second-order valence-electron chi connectivity index (χ2n) is 11.7. The molecule has 1 aliphatic carbocycles. The zero-order valence-electron chi connectivity index (χ0n) is 23.6. The number of likely N-dealkylation sites (tertiary alicyclic amines) is 1. The first-order valence-electron chi connectivity index (χ1n) is 13.8. The lowest BCUT2D eigenvalue weighted by atomic mass is 9.76. The van der Waals surface area contributed by atoms with Crippen molar-refractivity contribution in [2.24, 2.45) is 0 Å². The fourth-order valence-corrected chi connectivity index (χ4v) is 11.1. The van der Waals surface area contributed by atoms with Crippen LogP contribution in [-0.4, -0.2) is 88.6 Å². The van der Waals surface area contributed by atoms with Gasteiger partial charge in [-0.2, -0.15) is 26.3 Å². The SMILES string of the molecule is CN(CC(=O)N1CC[C@@]2(S(=O)(=O)c3ccc(F)cc3)c3ccc(C(F)(C(F)(F)F)C(F)(F)F)cc3CC[C@@H]12)C1CCS(=O)(=O)C1. The van der Waals surface area contributed by atoms with Crippen molar-refractivity contribution in [1.29, 1.82) is 0 Å². The first-order valence-corrected chi connectivity index (χ1v) is 17.1. The van der Waals surface area contributed by atoms with E-state index in [1.165, 1.54) is 4.90 Å². The van der Waals surface area contributed by atoms with Gasteiger partial charge in [0.15, 0.2) is 19.7 Å². The maximum Gasteiger partial charge on any atom is 0.435 e. The maximum absolute atomic E-state index is 15.0. The van der Waals surface area contributed by atoms with Gasteiger partial charge in [0.05, 0.1) is 29.0 Å². The van der Waals surface area contributed by atoms with Crippen molar-refractivity contribution in [3.63, 3.8) is 0 Å². The molecule has 2 aliphatic heterocycles. The van der Waals surface area contributed by atoms with Gasteiger partial charge in [0, 0.05) is 18.2 Å². The first kappa shape index (κ1) is 33.6. The molecule has 2 aromatic rings. The number of sulfone groups is 2. The van der Waals surface area contributed by atoms with E-state index in [9.17, 15) is 56.8 Å². The molecule has 0 radical (unpaired) electrons. The van der Waals surface area contributed by atoms with Crippen LogP contribution in [0.2, 0.25) is 0 Å². The highest BCUT2D eigenvalue weighted by Gasteiger charge is 2.74. The predicted molar refractivity (Wildman–Crippen MR) is 145 cm³/mol. The molecule has 2 aromatic carbocycles. The van der Waals surface area contributed by atoms with Crippen molar-refractivity contribution in [3.8, 4) is 0 Å². The number of fused-ring (bicyclic) bond motifs is 3. The van der Waals surface area contributed by atoms with Gasteiger partial charge in [-0.15, -0.1) is 0 Å². The molecule has 0 aromatic heterocycles. The van der Waals surface area contributed by atoms with Crippen LogP contribution in [0.1, 0.15) is 36.0 Å². The van der Waals surface area contributed by atoms with Gasteiger partial charge in [0.1, 0.15) is 10.6 Å². The third-order valence-electron chi connectivity index (χ3n) is 9.21. The first-order chi connectivity index (χ1) is 20.7. The van der Waals surface area contributed by atoms with Crippen LogP contribution in [0.5, 0.6) is 0 Å². The number of carbonyl (C=O) groups excluding carboxylic acids is 1. The minimum atomic E-state index is -6.38. The molecule has 17 heteroatoms. The zero-order chi connectivity index (χ0) is 33.4. The van der Waals surface area contributed by atoms with Crippen LogP contribution < -0.4 is 0 Å². The van der Waals surface area contributed by atoms with Gasteiger partial charge in [-0.3, -0.25) is 9.69 Å². The molecule has 0 bridgehead atoms. The number of carbonyl (C=O) groups is 1. The summed E-state index contributed by atoms with van der Waals surface area (Å²) in [6.45, 7) is -0.448. The van der Waals surface area contributed by atoms with Crippen molar-refractivity contribution in [2.45, 2.75) is 65.4 Å². The Balaban J connectivity index is 1.60. The normalized spacial score (nSPS) is 25.3. The van der Waals surface area contributed by atoms with E-state index in [1.54, 1.807) is 11.9 Å². The van der Waals surface area contributed by atoms with Gasteiger partial charge in [-0.1, -0.05) is 18.2 Å². The fourth-order valence-electron chi connectivity index (χ4n) is 6.91. The highest BCUT2D eigenvalue weighted by atomic mass is 32.2. The molecular weight excluding hydrogens is 660 g/mol.